The molecular weight excluding hydrogens is 143 g/mol. The highest BCUT2D eigenvalue weighted by atomic mass is 31.1. The van der Waals surface area contributed by atoms with Crippen LogP contribution in [0.3, 0.4) is 0 Å². The van der Waals surface area contributed by atoms with Crippen molar-refractivity contribution in [2.24, 2.45) is 0 Å². The molecule has 56 valence electrons. The molecule has 1 atom stereocenters. The molecule has 0 spiro atoms. The molecule has 0 bridgehead atoms. The van der Waals surface area contributed by atoms with Crippen molar-refractivity contribution in [2.45, 2.75) is 20.8 Å². The van der Waals surface area contributed by atoms with Gasteiger partial charge >= 0.3 is 14.7 Å². The molecule has 0 saturated heterocycles. The van der Waals surface area contributed by atoms with E-state index in [-0.39, 0.29) is 13.8 Å². The average molecular weight is 155 g/mol. The summed E-state index contributed by atoms with van der Waals surface area (Å²) in [5, 5.41) is 7.72. The number of carbonyl (C=O) groups is 1. The van der Waals surface area contributed by atoms with Crippen LogP contribution in [0.2, 0.25) is 0 Å². The van der Waals surface area contributed by atoms with E-state index < -0.39 is 14.7 Å². The van der Waals surface area contributed by atoms with E-state index in [2.05, 4.69) is 0 Å². The Balaban J connectivity index is -0.0000000800. The lowest BCUT2D eigenvalue weighted by molar-refractivity contribution is -0.136. The number of hydrogen-bond acceptors (Lipinski definition) is 2. The number of hydrogen-bond donors (Lipinski definition) is 2. The molecule has 0 radical (unpaired) electrons. The molecule has 0 rings (SSSR count). The third kappa shape index (κ3) is 98.4. The maximum Gasteiger partial charge on any atom is 0.491 e. The van der Waals surface area contributed by atoms with Gasteiger partial charge in [-0.25, -0.2) is 0 Å². The molecule has 4 nitrogen and oxygen atoms in total. The molecule has 0 aliphatic heterocycles. The van der Waals surface area contributed by atoms with Gasteiger partial charge in [0.2, 0.25) is 0 Å². The SMILES string of the molecule is C.CCC(=O)O.O=[PH+]O. The zero-order valence-electron chi connectivity index (χ0n) is 4.42. The van der Waals surface area contributed by atoms with E-state index in [1.54, 1.807) is 6.92 Å². The van der Waals surface area contributed by atoms with Gasteiger partial charge in [0.05, 0.1) is 0 Å². The summed E-state index contributed by atoms with van der Waals surface area (Å²) in [5.74, 6) is -0.745. The first kappa shape index (κ1) is 15.8. The molecule has 9 heavy (non-hydrogen) atoms. The number of carboxylic acids is 1. The lowest BCUT2D eigenvalue weighted by Gasteiger charge is -1.71. The number of aliphatic carboxylic acids is 1. The predicted octanol–water partition coefficient (Wildman–Crippen LogP) is 1.03. The van der Waals surface area contributed by atoms with Crippen molar-refractivity contribution in [1.29, 1.82) is 0 Å². The minimum Gasteiger partial charge on any atom is -0.481 e. The Morgan fingerprint density at radius 1 is 1.67 bits per heavy atom. The standard InChI is InChI=1S/C3H6O2.CH4.HO2P/c1-2-3(4)5;;1-3-2/h2H2,1H3,(H,4,5);1H4;3H/p+1. The van der Waals surface area contributed by atoms with Gasteiger partial charge in [-0.15, -0.1) is 0 Å². The molecule has 0 amide bonds. The molecule has 0 aliphatic carbocycles. The quantitative estimate of drug-likeness (QED) is 0.554. The molecule has 0 fully saturated rings. The summed E-state index contributed by atoms with van der Waals surface area (Å²) in [6.07, 6.45) is 0.222. The van der Waals surface area contributed by atoms with Crippen molar-refractivity contribution in [2.75, 3.05) is 0 Å². The lowest BCUT2D eigenvalue weighted by Crippen LogP contribution is -1.86. The summed E-state index contributed by atoms with van der Waals surface area (Å²) in [7, 11) is -1.17. The van der Waals surface area contributed by atoms with Crippen molar-refractivity contribution < 1.29 is 19.4 Å². The molecule has 1 unspecified atom stereocenters. The Labute approximate surface area is 55.8 Å². The smallest absolute Gasteiger partial charge is 0.481 e. The van der Waals surface area contributed by atoms with Crippen LogP contribution < -0.4 is 0 Å². The highest BCUT2D eigenvalue weighted by molar-refractivity contribution is 7.16. The summed E-state index contributed by atoms with van der Waals surface area (Å²) < 4.78 is 8.51. The molecule has 5 heteroatoms. The predicted molar refractivity (Wildman–Crippen MR) is 35.9 cm³/mol. The molecule has 0 aromatic heterocycles. The summed E-state index contributed by atoms with van der Waals surface area (Å²) in [6, 6.07) is 0. The Kier molecular flexibility index (Phi) is 27.5. The van der Waals surface area contributed by atoms with Crippen molar-refractivity contribution in [1.82, 2.24) is 0 Å². The summed E-state index contributed by atoms with van der Waals surface area (Å²) in [4.78, 5) is 16.4. The molecule has 0 aromatic carbocycles. The van der Waals surface area contributed by atoms with Gasteiger partial charge in [-0.05, 0) is 4.57 Å². The second kappa shape index (κ2) is 15.6. The van der Waals surface area contributed by atoms with Crippen LogP contribution in [0.25, 0.3) is 0 Å². The molecule has 2 N–H and O–H groups in total. The normalized spacial score (nSPS) is 6.44. The minimum absolute atomic E-state index is 0. The van der Waals surface area contributed by atoms with E-state index >= 15 is 0 Å². The zero-order chi connectivity index (χ0) is 6.99. The van der Waals surface area contributed by atoms with Gasteiger partial charge in [-0.2, -0.15) is 4.89 Å². The Hall–Kier alpha value is -0.470. The van der Waals surface area contributed by atoms with E-state index in [4.69, 9.17) is 14.6 Å². The van der Waals surface area contributed by atoms with Crippen LogP contribution in [0.15, 0.2) is 0 Å². The van der Waals surface area contributed by atoms with Crippen LogP contribution in [0.1, 0.15) is 20.8 Å². The van der Waals surface area contributed by atoms with Gasteiger partial charge < -0.3 is 5.11 Å². The monoisotopic (exact) mass is 155 g/mol. The maximum absolute atomic E-state index is 9.37. The zero-order valence-corrected chi connectivity index (χ0v) is 5.42. The first-order valence-corrected chi connectivity index (χ1v) is 2.77. The Morgan fingerprint density at radius 2 is 1.78 bits per heavy atom. The Morgan fingerprint density at radius 3 is 1.78 bits per heavy atom. The van der Waals surface area contributed by atoms with E-state index in [9.17, 15) is 4.79 Å². The van der Waals surface area contributed by atoms with E-state index in [1.165, 1.54) is 0 Å². The van der Waals surface area contributed by atoms with Crippen LogP contribution in [0.4, 0.5) is 0 Å². The van der Waals surface area contributed by atoms with Crippen LogP contribution in [-0.4, -0.2) is 16.0 Å². The Bertz CT molecular complexity index is 73.0. The summed E-state index contributed by atoms with van der Waals surface area (Å²) in [6.45, 7) is 1.60. The summed E-state index contributed by atoms with van der Waals surface area (Å²) in [5.41, 5.74) is 0. The van der Waals surface area contributed by atoms with Gasteiger partial charge in [0.1, 0.15) is 0 Å². The topological polar surface area (TPSA) is 74.6 Å². The highest BCUT2D eigenvalue weighted by Gasteiger charge is 1.80. The second-order valence-electron chi connectivity index (χ2n) is 0.839. The minimum atomic E-state index is -1.17. The molecule has 0 saturated carbocycles. The van der Waals surface area contributed by atoms with Crippen molar-refractivity contribution in [3.05, 3.63) is 0 Å². The highest BCUT2D eigenvalue weighted by Crippen LogP contribution is 1.67. The van der Waals surface area contributed by atoms with Crippen molar-refractivity contribution >= 4 is 14.7 Å². The first-order valence-electron chi connectivity index (χ1n) is 1.92. The first-order chi connectivity index (χ1) is 3.68. The van der Waals surface area contributed by atoms with Crippen LogP contribution in [0.5, 0.6) is 0 Å². The van der Waals surface area contributed by atoms with Crippen molar-refractivity contribution in [3.8, 4) is 0 Å². The van der Waals surface area contributed by atoms with Crippen molar-refractivity contribution in [3.63, 3.8) is 0 Å². The fourth-order valence-corrected chi connectivity index (χ4v) is 0. The average Bonchev–Trinajstić information content (AvgIpc) is 1.69. The fourth-order valence-electron chi connectivity index (χ4n) is 0. The van der Waals surface area contributed by atoms with Crippen LogP contribution in [0, 0.1) is 0 Å². The molecule has 0 heterocycles. The van der Waals surface area contributed by atoms with Gasteiger partial charge in [0.15, 0.2) is 0 Å². The molecule has 0 aromatic rings. The van der Waals surface area contributed by atoms with Crippen LogP contribution in [-0.2, 0) is 9.36 Å². The third-order valence-electron chi connectivity index (χ3n) is 0.302. The third-order valence-corrected chi connectivity index (χ3v) is 0.302. The van der Waals surface area contributed by atoms with E-state index in [1.807, 2.05) is 0 Å². The molecule has 0 aliphatic rings. The van der Waals surface area contributed by atoms with Gasteiger partial charge in [0.25, 0.3) is 0 Å². The maximum atomic E-state index is 9.37. The largest absolute Gasteiger partial charge is 0.491 e. The van der Waals surface area contributed by atoms with Gasteiger partial charge in [-0.3, -0.25) is 4.79 Å². The number of carboxylic acid groups (broad SMARTS) is 1. The van der Waals surface area contributed by atoms with Gasteiger partial charge in [-0.1, -0.05) is 14.4 Å². The fraction of sp³-hybridized carbons (Fsp3) is 0.750. The van der Waals surface area contributed by atoms with Gasteiger partial charge in [0, 0.05) is 6.42 Å². The lowest BCUT2D eigenvalue weighted by atomic mass is 10.5. The van der Waals surface area contributed by atoms with Crippen LogP contribution >= 0.6 is 8.69 Å². The number of rotatable bonds is 1. The second-order valence-corrected chi connectivity index (χ2v) is 1.02. The van der Waals surface area contributed by atoms with E-state index in [0.717, 1.165) is 0 Å². The summed E-state index contributed by atoms with van der Waals surface area (Å²) >= 11 is 0. The molecular formula is C4H12O4P+. The van der Waals surface area contributed by atoms with E-state index in [0.29, 0.717) is 0 Å².